The number of amides is 1. The van der Waals surface area contributed by atoms with Crippen LogP contribution in [0.4, 0.5) is 0 Å². The van der Waals surface area contributed by atoms with Crippen molar-refractivity contribution >= 4 is 15.9 Å². The Balaban J connectivity index is 1.57. The van der Waals surface area contributed by atoms with E-state index >= 15 is 0 Å². The van der Waals surface area contributed by atoms with E-state index in [-0.39, 0.29) is 10.8 Å². The van der Waals surface area contributed by atoms with E-state index in [1.165, 1.54) is 31.3 Å². The summed E-state index contributed by atoms with van der Waals surface area (Å²) in [6, 6.07) is 23.2. The van der Waals surface area contributed by atoms with Gasteiger partial charge >= 0.3 is 0 Å². The van der Waals surface area contributed by atoms with Gasteiger partial charge in [-0.1, -0.05) is 42.5 Å². The van der Waals surface area contributed by atoms with Gasteiger partial charge in [0.1, 0.15) is 12.4 Å². The molecule has 1 amide bonds. The molecule has 6 nitrogen and oxygen atoms in total. The number of para-hydroxylation sites is 1. The molecule has 0 unspecified atom stereocenters. The van der Waals surface area contributed by atoms with Crippen molar-refractivity contribution in [3.63, 3.8) is 0 Å². The zero-order valence-electron chi connectivity index (χ0n) is 16.0. The first-order valence-corrected chi connectivity index (χ1v) is 10.5. The van der Waals surface area contributed by atoms with Crippen LogP contribution < -0.4 is 14.8 Å². The third kappa shape index (κ3) is 5.66. The van der Waals surface area contributed by atoms with Crippen molar-refractivity contribution in [3.05, 3.63) is 95.6 Å². The van der Waals surface area contributed by atoms with Crippen LogP contribution in [-0.2, 0) is 23.2 Å². The fourth-order valence-electron chi connectivity index (χ4n) is 2.70. The van der Waals surface area contributed by atoms with Crippen LogP contribution in [0.2, 0.25) is 0 Å². The molecule has 0 heterocycles. The summed E-state index contributed by atoms with van der Waals surface area (Å²) >= 11 is 0. The molecule has 0 spiro atoms. The van der Waals surface area contributed by atoms with Gasteiger partial charge in [-0.15, -0.1) is 0 Å². The summed E-state index contributed by atoms with van der Waals surface area (Å²) in [7, 11) is -2.18. The third-order valence-corrected chi connectivity index (χ3v) is 5.72. The van der Waals surface area contributed by atoms with Crippen LogP contribution in [0.15, 0.2) is 83.8 Å². The molecule has 150 valence electrons. The summed E-state index contributed by atoms with van der Waals surface area (Å²) in [5.74, 6) is 0.527. The van der Waals surface area contributed by atoms with Gasteiger partial charge in [-0.2, -0.15) is 0 Å². The number of benzene rings is 3. The molecule has 0 atom stereocenters. The molecule has 7 heteroatoms. The topological polar surface area (TPSA) is 84.5 Å². The molecule has 3 rings (SSSR count). The zero-order chi connectivity index (χ0) is 20.7. The number of hydrogen-bond donors (Lipinski definition) is 2. The fraction of sp³-hybridized carbons (Fsp3) is 0.136. The van der Waals surface area contributed by atoms with Gasteiger partial charge in [0.05, 0.1) is 4.90 Å². The van der Waals surface area contributed by atoms with Crippen LogP contribution in [0.25, 0.3) is 0 Å². The van der Waals surface area contributed by atoms with Gasteiger partial charge in [0.15, 0.2) is 0 Å². The molecule has 0 saturated heterocycles. The molecule has 29 heavy (non-hydrogen) atoms. The van der Waals surface area contributed by atoms with Crippen LogP contribution >= 0.6 is 0 Å². The lowest BCUT2D eigenvalue weighted by Gasteiger charge is -2.09. The highest BCUT2D eigenvalue weighted by molar-refractivity contribution is 7.89. The predicted molar refractivity (Wildman–Crippen MR) is 111 cm³/mol. The summed E-state index contributed by atoms with van der Waals surface area (Å²) in [6.45, 7) is 0.793. The van der Waals surface area contributed by atoms with Crippen molar-refractivity contribution in [2.75, 3.05) is 7.05 Å². The molecule has 2 N–H and O–H groups in total. The van der Waals surface area contributed by atoms with E-state index in [0.29, 0.717) is 18.7 Å². The number of carbonyl (C=O) groups is 1. The highest BCUT2D eigenvalue weighted by Crippen LogP contribution is 2.13. The number of rotatable bonds is 8. The quantitative estimate of drug-likeness (QED) is 0.598. The Hall–Kier alpha value is -3.16. The number of ether oxygens (including phenoxy) is 1. The number of carbonyl (C=O) groups excluding carboxylic acids is 1. The van der Waals surface area contributed by atoms with Gasteiger partial charge in [-0.25, -0.2) is 13.1 Å². The van der Waals surface area contributed by atoms with Crippen LogP contribution in [0.3, 0.4) is 0 Å². The van der Waals surface area contributed by atoms with E-state index in [9.17, 15) is 13.2 Å². The molecule has 3 aromatic carbocycles. The summed E-state index contributed by atoms with van der Waals surface area (Å²) in [6.07, 6.45) is 0. The van der Waals surface area contributed by atoms with Gasteiger partial charge in [0, 0.05) is 12.1 Å². The minimum Gasteiger partial charge on any atom is -0.489 e. The molecule has 0 radical (unpaired) electrons. The summed E-state index contributed by atoms with van der Waals surface area (Å²) in [5, 5.41) is 2.84. The SMILES string of the molecule is CNS(=O)(=O)c1ccc(C(=O)NCc2cccc(COc3ccccc3)c2)cc1. The normalized spacial score (nSPS) is 11.1. The maximum absolute atomic E-state index is 12.3. The van der Waals surface area contributed by atoms with Crippen molar-refractivity contribution in [3.8, 4) is 5.75 Å². The molecule has 0 aliphatic heterocycles. The Kier molecular flexibility index (Phi) is 6.64. The van der Waals surface area contributed by atoms with Gasteiger partial charge in [-0.3, -0.25) is 4.79 Å². The van der Waals surface area contributed by atoms with E-state index in [4.69, 9.17) is 4.74 Å². The van der Waals surface area contributed by atoms with E-state index in [2.05, 4.69) is 10.0 Å². The number of nitrogens with one attached hydrogen (secondary N) is 2. The van der Waals surface area contributed by atoms with Crippen LogP contribution in [0.1, 0.15) is 21.5 Å². The molecule has 3 aromatic rings. The Morgan fingerprint density at radius 1 is 0.897 bits per heavy atom. The smallest absolute Gasteiger partial charge is 0.251 e. The Morgan fingerprint density at radius 2 is 1.59 bits per heavy atom. The Labute approximate surface area is 170 Å². The van der Waals surface area contributed by atoms with Crippen LogP contribution in [0, 0.1) is 0 Å². The largest absolute Gasteiger partial charge is 0.489 e. The monoisotopic (exact) mass is 410 g/mol. The van der Waals surface area contributed by atoms with Crippen molar-refractivity contribution in [2.45, 2.75) is 18.0 Å². The first-order valence-electron chi connectivity index (χ1n) is 9.05. The van der Waals surface area contributed by atoms with Crippen molar-refractivity contribution < 1.29 is 17.9 Å². The lowest BCUT2D eigenvalue weighted by molar-refractivity contribution is 0.0951. The number of hydrogen-bond acceptors (Lipinski definition) is 4. The average molecular weight is 410 g/mol. The Bertz CT molecular complexity index is 1070. The lowest BCUT2D eigenvalue weighted by atomic mass is 10.1. The van der Waals surface area contributed by atoms with Gasteiger partial charge < -0.3 is 10.1 Å². The minimum atomic E-state index is -3.52. The lowest BCUT2D eigenvalue weighted by Crippen LogP contribution is -2.23. The standard InChI is InChI=1S/C22H22N2O4S/c1-23-29(26,27)21-12-10-19(11-13-21)22(25)24-15-17-6-5-7-18(14-17)16-28-20-8-3-2-4-9-20/h2-14,23H,15-16H2,1H3,(H,24,25). The van der Waals surface area contributed by atoms with E-state index in [1.54, 1.807) is 0 Å². The van der Waals surface area contributed by atoms with E-state index in [1.807, 2.05) is 54.6 Å². The number of sulfonamides is 1. The van der Waals surface area contributed by atoms with Gasteiger partial charge in [-0.05, 0) is 54.6 Å². The maximum Gasteiger partial charge on any atom is 0.251 e. The van der Waals surface area contributed by atoms with E-state index < -0.39 is 10.0 Å². The van der Waals surface area contributed by atoms with Crippen molar-refractivity contribution in [2.24, 2.45) is 0 Å². The van der Waals surface area contributed by atoms with Crippen LogP contribution in [0.5, 0.6) is 5.75 Å². The fourth-order valence-corrected chi connectivity index (χ4v) is 3.43. The highest BCUT2D eigenvalue weighted by Gasteiger charge is 2.12. The summed E-state index contributed by atoms with van der Waals surface area (Å²) < 4.78 is 31.5. The van der Waals surface area contributed by atoms with Crippen LogP contribution in [-0.4, -0.2) is 21.4 Å². The molecule has 0 fully saturated rings. The second kappa shape index (κ2) is 9.36. The molecular formula is C22H22N2O4S. The minimum absolute atomic E-state index is 0.114. The maximum atomic E-state index is 12.3. The molecule has 0 saturated carbocycles. The van der Waals surface area contributed by atoms with Gasteiger partial charge in [0.25, 0.3) is 5.91 Å². The molecule has 0 bridgehead atoms. The average Bonchev–Trinajstić information content (AvgIpc) is 2.77. The molecule has 0 aliphatic carbocycles. The molecule has 0 aromatic heterocycles. The Morgan fingerprint density at radius 3 is 2.28 bits per heavy atom. The first kappa shape index (κ1) is 20.6. The summed E-state index contributed by atoms with van der Waals surface area (Å²) in [5.41, 5.74) is 2.34. The second-order valence-electron chi connectivity index (χ2n) is 6.34. The highest BCUT2D eigenvalue weighted by atomic mass is 32.2. The van der Waals surface area contributed by atoms with E-state index in [0.717, 1.165) is 16.9 Å². The van der Waals surface area contributed by atoms with Crippen molar-refractivity contribution in [1.29, 1.82) is 0 Å². The predicted octanol–water partition coefficient (Wildman–Crippen LogP) is 3.10. The summed E-state index contributed by atoms with van der Waals surface area (Å²) in [4.78, 5) is 12.5. The first-order chi connectivity index (χ1) is 14.0. The molecule has 0 aliphatic rings. The molecular weight excluding hydrogens is 388 g/mol. The second-order valence-corrected chi connectivity index (χ2v) is 8.22. The van der Waals surface area contributed by atoms with Crippen molar-refractivity contribution in [1.82, 2.24) is 10.0 Å². The zero-order valence-corrected chi connectivity index (χ0v) is 16.8. The third-order valence-electron chi connectivity index (χ3n) is 4.29. The van der Waals surface area contributed by atoms with Gasteiger partial charge in [0.2, 0.25) is 10.0 Å².